The van der Waals surface area contributed by atoms with Crippen LogP contribution in [0, 0.1) is 0 Å². The SMILES string of the molecule is CCC(CC)(CN)c1nc(Cc2ccccc2Cl)no1. The van der Waals surface area contributed by atoms with Gasteiger partial charge in [-0.2, -0.15) is 4.98 Å². The standard InChI is InChI=1S/C15H20ClN3O/c1-3-15(4-2,10-17)14-18-13(19-20-14)9-11-7-5-6-8-12(11)16/h5-8H,3-4,9-10,17H2,1-2H3. The minimum Gasteiger partial charge on any atom is -0.339 e. The lowest BCUT2D eigenvalue weighted by molar-refractivity contribution is 0.266. The third kappa shape index (κ3) is 2.86. The highest BCUT2D eigenvalue weighted by atomic mass is 35.5. The van der Waals surface area contributed by atoms with E-state index in [1.807, 2.05) is 24.3 Å². The van der Waals surface area contributed by atoms with E-state index in [1.54, 1.807) is 0 Å². The highest BCUT2D eigenvalue weighted by Gasteiger charge is 2.33. The molecular weight excluding hydrogens is 274 g/mol. The first-order chi connectivity index (χ1) is 9.65. The summed E-state index contributed by atoms with van der Waals surface area (Å²) in [5, 5.41) is 4.78. The van der Waals surface area contributed by atoms with Crippen molar-refractivity contribution in [2.24, 2.45) is 5.73 Å². The fourth-order valence-electron chi connectivity index (χ4n) is 2.28. The fraction of sp³-hybridized carbons (Fsp3) is 0.467. The average molecular weight is 294 g/mol. The monoisotopic (exact) mass is 293 g/mol. The van der Waals surface area contributed by atoms with Crippen molar-refractivity contribution in [2.75, 3.05) is 6.54 Å². The van der Waals surface area contributed by atoms with Crippen molar-refractivity contribution < 1.29 is 4.52 Å². The lowest BCUT2D eigenvalue weighted by Crippen LogP contribution is -2.34. The molecule has 5 heteroatoms. The second kappa shape index (κ2) is 6.37. The Labute approximate surface area is 124 Å². The molecule has 2 aromatic rings. The van der Waals surface area contributed by atoms with Gasteiger partial charge in [0.05, 0.1) is 5.41 Å². The van der Waals surface area contributed by atoms with Crippen LogP contribution in [0.1, 0.15) is 44.0 Å². The minimum atomic E-state index is -0.217. The molecule has 0 aliphatic heterocycles. The van der Waals surface area contributed by atoms with Gasteiger partial charge in [0.2, 0.25) is 5.89 Å². The molecule has 0 saturated heterocycles. The van der Waals surface area contributed by atoms with Gasteiger partial charge >= 0.3 is 0 Å². The average Bonchev–Trinajstić information content (AvgIpc) is 2.93. The maximum absolute atomic E-state index is 6.15. The summed E-state index contributed by atoms with van der Waals surface area (Å²) in [5.41, 5.74) is 6.67. The van der Waals surface area contributed by atoms with Crippen molar-refractivity contribution in [2.45, 2.75) is 38.5 Å². The van der Waals surface area contributed by atoms with Crippen molar-refractivity contribution in [3.8, 4) is 0 Å². The lowest BCUT2D eigenvalue weighted by Gasteiger charge is -2.24. The van der Waals surface area contributed by atoms with Gasteiger partial charge in [-0.1, -0.05) is 48.8 Å². The van der Waals surface area contributed by atoms with E-state index < -0.39 is 0 Å². The molecule has 108 valence electrons. The first-order valence-electron chi connectivity index (χ1n) is 6.91. The molecule has 0 radical (unpaired) electrons. The van der Waals surface area contributed by atoms with Gasteiger partial charge < -0.3 is 10.3 Å². The van der Waals surface area contributed by atoms with Crippen LogP contribution in [0.2, 0.25) is 5.02 Å². The normalized spacial score (nSPS) is 11.8. The van der Waals surface area contributed by atoms with Gasteiger partial charge in [-0.3, -0.25) is 0 Å². The second-order valence-corrected chi connectivity index (χ2v) is 5.38. The summed E-state index contributed by atoms with van der Waals surface area (Å²) in [5.74, 6) is 1.28. The molecule has 1 heterocycles. The Bertz CT molecular complexity index is 555. The number of benzene rings is 1. The molecule has 0 unspecified atom stereocenters. The topological polar surface area (TPSA) is 64.9 Å². The molecule has 1 aromatic carbocycles. The van der Waals surface area contributed by atoms with Crippen molar-refractivity contribution in [3.05, 3.63) is 46.6 Å². The molecule has 2 rings (SSSR count). The Morgan fingerprint density at radius 1 is 1.25 bits per heavy atom. The van der Waals surface area contributed by atoms with Crippen LogP contribution in [-0.4, -0.2) is 16.7 Å². The Hall–Kier alpha value is -1.39. The molecule has 0 spiro atoms. The molecule has 20 heavy (non-hydrogen) atoms. The van der Waals surface area contributed by atoms with Gasteiger partial charge in [0, 0.05) is 18.0 Å². The number of hydrogen-bond donors (Lipinski definition) is 1. The summed E-state index contributed by atoms with van der Waals surface area (Å²) in [6, 6.07) is 7.68. The van der Waals surface area contributed by atoms with Crippen molar-refractivity contribution in [1.82, 2.24) is 10.1 Å². The molecule has 0 aliphatic carbocycles. The van der Waals surface area contributed by atoms with E-state index in [4.69, 9.17) is 21.9 Å². The van der Waals surface area contributed by atoms with Crippen molar-refractivity contribution in [1.29, 1.82) is 0 Å². The van der Waals surface area contributed by atoms with E-state index in [1.165, 1.54) is 0 Å². The third-order valence-electron chi connectivity index (χ3n) is 3.97. The number of hydrogen-bond acceptors (Lipinski definition) is 4. The minimum absolute atomic E-state index is 0.217. The first kappa shape index (κ1) is 15.0. The van der Waals surface area contributed by atoms with Crippen LogP contribution in [0.15, 0.2) is 28.8 Å². The zero-order valence-electron chi connectivity index (χ0n) is 11.9. The summed E-state index contributed by atoms with van der Waals surface area (Å²) < 4.78 is 5.43. The van der Waals surface area contributed by atoms with Crippen LogP contribution in [0.5, 0.6) is 0 Å². The Kier molecular flexibility index (Phi) is 4.78. The summed E-state index contributed by atoms with van der Waals surface area (Å²) in [7, 11) is 0. The number of rotatable bonds is 6. The number of halogens is 1. The van der Waals surface area contributed by atoms with Crippen LogP contribution >= 0.6 is 11.6 Å². The van der Waals surface area contributed by atoms with Gasteiger partial charge in [-0.25, -0.2) is 0 Å². The quantitative estimate of drug-likeness (QED) is 0.887. The molecule has 0 aliphatic rings. The van der Waals surface area contributed by atoms with Crippen molar-refractivity contribution >= 4 is 11.6 Å². The van der Waals surface area contributed by atoms with Gasteiger partial charge in [-0.15, -0.1) is 0 Å². The fourth-order valence-corrected chi connectivity index (χ4v) is 2.48. The van der Waals surface area contributed by atoms with Crippen LogP contribution in [0.25, 0.3) is 0 Å². The number of nitrogens with two attached hydrogens (primary N) is 1. The van der Waals surface area contributed by atoms with Gasteiger partial charge in [0.25, 0.3) is 0 Å². The van der Waals surface area contributed by atoms with Crippen LogP contribution in [0.4, 0.5) is 0 Å². The molecule has 0 amide bonds. The first-order valence-corrected chi connectivity index (χ1v) is 7.29. The summed E-state index contributed by atoms with van der Waals surface area (Å²) in [6.07, 6.45) is 2.33. The van der Waals surface area contributed by atoms with E-state index in [2.05, 4.69) is 24.0 Å². The Balaban J connectivity index is 2.23. The van der Waals surface area contributed by atoms with Gasteiger partial charge in [0.15, 0.2) is 5.82 Å². The second-order valence-electron chi connectivity index (χ2n) is 4.98. The van der Waals surface area contributed by atoms with Crippen LogP contribution in [0.3, 0.4) is 0 Å². The largest absolute Gasteiger partial charge is 0.339 e. The third-order valence-corrected chi connectivity index (χ3v) is 4.34. The van der Waals surface area contributed by atoms with Gasteiger partial charge in [0.1, 0.15) is 0 Å². The molecule has 4 nitrogen and oxygen atoms in total. The molecule has 0 atom stereocenters. The Morgan fingerprint density at radius 2 is 1.95 bits per heavy atom. The zero-order valence-corrected chi connectivity index (χ0v) is 12.7. The number of nitrogens with zero attached hydrogens (tertiary/aromatic N) is 2. The zero-order chi connectivity index (χ0) is 14.6. The highest BCUT2D eigenvalue weighted by Crippen LogP contribution is 2.29. The van der Waals surface area contributed by atoms with Gasteiger partial charge in [-0.05, 0) is 24.5 Å². The molecule has 0 bridgehead atoms. The maximum atomic E-state index is 6.15. The summed E-state index contributed by atoms with van der Waals surface area (Å²) in [4.78, 5) is 4.52. The predicted octanol–water partition coefficient (Wildman–Crippen LogP) is 3.33. The van der Waals surface area contributed by atoms with E-state index in [0.29, 0.717) is 24.7 Å². The van der Waals surface area contributed by atoms with Crippen molar-refractivity contribution in [3.63, 3.8) is 0 Å². The van der Waals surface area contributed by atoms with E-state index in [0.717, 1.165) is 23.4 Å². The molecule has 2 N–H and O–H groups in total. The number of aromatic nitrogens is 2. The Morgan fingerprint density at radius 3 is 2.55 bits per heavy atom. The summed E-state index contributed by atoms with van der Waals surface area (Å²) >= 11 is 6.15. The predicted molar refractivity (Wildman–Crippen MR) is 79.9 cm³/mol. The van der Waals surface area contributed by atoms with Crippen LogP contribution < -0.4 is 5.73 Å². The van der Waals surface area contributed by atoms with E-state index in [-0.39, 0.29) is 5.41 Å². The molecule has 0 fully saturated rings. The molecule has 1 aromatic heterocycles. The smallest absolute Gasteiger partial charge is 0.234 e. The van der Waals surface area contributed by atoms with Crippen LogP contribution in [-0.2, 0) is 11.8 Å². The van der Waals surface area contributed by atoms with E-state index in [9.17, 15) is 0 Å². The maximum Gasteiger partial charge on any atom is 0.234 e. The van der Waals surface area contributed by atoms with E-state index >= 15 is 0 Å². The molecule has 0 saturated carbocycles. The lowest BCUT2D eigenvalue weighted by atomic mass is 9.82. The molecular formula is C15H20ClN3O. The summed E-state index contributed by atoms with van der Waals surface area (Å²) in [6.45, 7) is 4.69. The highest BCUT2D eigenvalue weighted by molar-refractivity contribution is 6.31.